The normalized spacial score (nSPS) is 12.2. The van der Waals surface area contributed by atoms with Gasteiger partial charge in [-0.1, -0.05) is 324 Å². The van der Waals surface area contributed by atoms with E-state index < -0.39 is 0 Å². The quantitative estimate of drug-likeness (QED) is 0.113. The van der Waals surface area contributed by atoms with Crippen molar-refractivity contribution in [2.24, 2.45) is 0 Å². The monoisotopic (exact) mass is 1240 g/mol. The minimum Gasteiger partial charge on any atom is -0.310 e. The standard InChI is InChI=1S/C94H69BN2/c1-94(2,3)78-62-87-91-88(63-78)97(93-83(72-50-30-12-31-51-72)58-75(65-36-16-5-17-37-65)59-84(93)73-52-32-13-33-53-73)86-61-77(67-40-20-7-21-41-67)55-80(69-44-24-9-25-45-69)90(86)95(91)89-79(68-42-22-8-23-43-68)54-76(66-38-18-6-19-39-66)60-85(89)96(87)92-81(70-46-26-10-27-47-70)56-74(64-34-14-4-15-35-64)57-82(92)71-48-28-11-29-49-71/h4-63H,1-3H3. The Morgan fingerprint density at radius 1 is 0.196 bits per heavy atom. The maximum atomic E-state index is 2.73. The maximum Gasteiger partial charge on any atom is 0.253 e. The van der Waals surface area contributed by atoms with Crippen molar-refractivity contribution in [2.75, 3.05) is 9.80 Å². The van der Waals surface area contributed by atoms with Crippen molar-refractivity contribution in [3.63, 3.8) is 0 Å². The molecule has 0 N–H and O–H groups in total. The zero-order valence-electron chi connectivity index (χ0n) is 54.6. The molecule has 0 radical (unpaired) electrons. The number of rotatable bonds is 12. The molecular formula is C94H69BN2. The lowest BCUT2D eigenvalue weighted by Gasteiger charge is -2.48. The summed E-state index contributed by atoms with van der Waals surface area (Å²) in [7, 11) is 0. The van der Waals surface area contributed by atoms with Crippen LogP contribution in [0.25, 0.3) is 111 Å². The highest BCUT2D eigenvalue weighted by molar-refractivity contribution is 7.02. The van der Waals surface area contributed by atoms with Crippen molar-refractivity contribution < 1.29 is 0 Å². The highest BCUT2D eigenvalue weighted by atomic mass is 15.2. The van der Waals surface area contributed by atoms with E-state index in [9.17, 15) is 0 Å². The molecule has 0 saturated carbocycles. The van der Waals surface area contributed by atoms with Crippen molar-refractivity contribution in [1.29, 1.82) is 0 Å². The summed E-state index contributed by atoms with van der Waals surface area (Å²) in [6.45, 7) is 6.84. The molecule has 0 aromatic heterocycles. The Labute approximate surface area is 570 Å². The molecule has 0 aliphatic carbocycles. The fourth-order valence-corrected chi connectivity index (χ4v) is 15.2. The van der Waals surface area contributed by atoms with Gasteiger partial charge in [-0.15, -0.1) is 0 Å². The van der Waals surface area contributed by atoms with Gasteiger partial charge in [0.05, 0.1) is 11.4 Å². The zero-order chi connectivity index (χ0) is 65.0. The van der Waals surface area contributed by atoms with Crippen LogP contribution in [-0.2, 0) is 5.41 Å². The van der Waals surface area contributed by atoms with Crippen molar-refractivity contribution in [1.82, 2.24) is 0 Å². The van der Waals surface area contributed by atoms with E-state index in [0.29, 0.717) is 0 Å². The second kappa shape index (κ2) is 24.7. The van der Waals surface area contributed by atoms with Gasteiger partial charge in [0.15, 0.2) is 0 Å². The first-order chi connectivity index (χ1) is 47.8. The number of hydrogen-bond donors (Lipinski definition) is 0. The lowest BCUT2D eigenvalue weighted by Crippen LogP contribution is -2.62. The van der Waals surface area contributed by atoms with E-state index in [0.717, 1.165) is 134 Å². The molecule has 3 heteroatoms. The summed E-state index contributed by atoms with van der Waals surface area (Å²) >= 11 is 0. The van der Waals surface area contributed by atoms with E-state index >= 15 is 0 Å². The smallest absolute Gasteiger partial charge is 0.253 e. The minimum absolute atomic E-state index is 0.329. The average molecular weight is 1240 g/mol. The molecule has 0 unspecified atom stereocenters. The third-order valence-electron chi connectivity index (χ3n) is 19.8. The largest absolute Gasteiger partial charge is 0.310 e. The number of benzene rings is 15. The van der Waals surface area contributed by atoms with Crippen molar-refractivity contribution in [3.05, 3.63) is 370 Å². The Hall–Kier alpha value is -12.0. The van der Waals surface area contributed by atoms with Crippen LogP contribution in [0.15, 0.2) is 364 Å². The minimum atomic E-state index is -0.343. The summed E-state index contributed by atoms with van der Waals surface area (Å²) in [5.74, 6) is 0. The van der Waals surface area contributed by atoms with E-state index in [-0.39, 0.29) is 12.1 Å². The molecule has 0 atom stereocenters. The van der Waals surface area contributed by atoms with Gasteiger partial charge in [-0.3, -0.25) is 0 Å². The van der Waals surface area contributed by atoms with Crippen LogP contribution < -0.4 is 26.2 Å². The lowest BCUT2D eigenvalue weighted by atomic mass is 9.31. The van der Waals surface area contributed by atoms with Gasteiger partial charge in [0, 0.05) is 45.0 Å². The second-order valence-electron chi connectivity index (χ2n) is 26.7. The number of hydrogen-bond acceptors (Lipinski definition) is 2. The Kier molecular flexibility index (Phi) is 15.0. The van der Waals surface area contributed by atoms with E-state index in [4.69, 9.17) is 0 Å². The number of fused-ring (bicyclic) bond motifs is 4. The van der Waals surface area contributed by atoms with E-state index in [1.165, 1.54) is 33.1 Å². The fourth-order valence-electron chi connectivity index (χ4n) is 15.2. The molecule has 2 aliphatic heterocycles. The predicted molar refractivity (Wildman–Crippen MR) is 414 cm³/mol. The molecule has 15 aromatic rings. The molecule has 2 aliphatic rings. The van der Waals surface area contributed by atoms with E-state index in [2.05, 4.69) is 395 Å². The van der Waals surface area contributed by atoms with E-state index in [1.54, 1.807) is 0 Å². The van der Waals surface area contributed by atoms with Gasteiger partial charge < -0.3 is 9.80 Å². The van der Waals surface area contributed by atoms with Crippen molar-refractivity contribution in [3.8, 4) is 111 Å². The topological polar surface area (TPSA) is 6.48 Å². The van der Waals surface area contributed by atoms with Gasteiger partial charge >= 0.3 is 0 Å². The lowest BCUT2D eigenvalue weighted by molar-refractivity contribution is 0.590. The van der Waals surface area contributed by atoms with Crippen LogP contribution in [0.1, 0.15) is 26.3 Å². The van der Waals surface area contributed by atoms with Crippen LogP contribution in [-0.4, -0.2) is 6.71 Å². The van der Waals surface area contributed by atoms with Crippen molar-refractivity contribution in [2.45, 2.75) is 26.2 Å². The molecule has 0 saturated heterocycles. The Bertz CT molecular complexity index is 4920. The molecule has 0 bridgehead atoms. The summed E-state index contributed by atoms with van der Waals surface area (Å²) in [5, 5.41) is 0. The third kappa shape index (κ3) is 10.7. The molecule has 0 amide bonds. The summed E-state index contributed by atoms with van der Waals surface area (Å²) in [6, 6.07) is 136. The molecule has 17 rings (SSSR count). The Balaban J connectivity index is 1.12. The van der Waals surface area contributed by atoms with Gasteiger partial charge in [0.25, 0.3) is 6.71 Å². The third-order valence-corrected chi connectivity index (χ3v) is 19.8. The summed E-state index contributed by atoms with van der Waals surface area (Å²) in [4.78, 5) is 5.47. The fraction of sp³-hybridized carbons (Fsp3) is 0.0426. The SMILES string of the molecule is CC(C)(C)c1cc2c3c(c1)N(c1c(-c4ccccc4)cc(-c4ccccc4)cc1-c1ccccc1)c1cc(-c4ccccc4)cc(-c4ccccc4)c1B3c1c(-c3ccccc3)cc(-c3ccccc3)cc1N2c1c(-c2ccccc2)cc(-c2ccccc2)cc1-c1ccccc1. The van der Waals surface area contributed by atoms with Crippen LogP contribution in [0.4, 0.5) is 34.1 Å². The first kappa shape index (κ1) is 58.8. The zero-order valence-corrected chi connectivity index (χ0v) is 54.6. The molecule has 2 heterocycles. The summed E-state index contributed by atoms with van der Waals surface area (Å²) in [6.07, 6.45) is 0. The number of nitrogens with zero attached hydrogens (tertiary/aromatic N) is 2. The van der Waals surface area contributed by atoms with Gasteiger partial charge in [-0.2, -0.15) is 0 Å². The molecule has 0 fully saturated rings. The van der Waals surface area contributed by atoms with Crippen LogP contribution in [0.2, 0.25) is 0 Å². The van der Waals surface area contributed by atoms with Gasteiger partial charge in [-0.25, -0.2) is 0 Å². The second-order valence-corrected chi connectivity index (χ2v) is 26.7. The average Bonchev–Trinajstić information content (AvgIpc) is 0.679. The van der Waals surface area contributed by atoms with E-state index in [1.807, 2.05) is 0 Å². The molecule has 458 valence electrons. The van der Waals surface area contributed by atoms with Gasteiger partial charge in [0.2, 0.25) is 0 Å². The first-order valence-corrected chi connectivity index (χ1v) is 33.8. The summed E-state index contributed by atoms with van der Waals surface area (Å²) in [5.41, 5.74) is 34.2. The van der Waals surface area contributed by atoms with Gasteiger partial charge in [0.1, 0.15) is 0 Å². The van der Waals surface area contributed by atoms with Crippen molar-refractivity contribution >= 4 is 57.2 Å². The van der Waals surface area contributed by atoms with Crippen LogP contribution in [0.3, 0.4) is 0 Å². The maximum absolute atomic E-state index is 2.73. The van der Waals surface area contributed by atoms with Crippen LogP contribution >= 0.6 is 0 Å². The highest BCUT2D eigenvalue weighted by Crippen LogP contribution is 2.57. The molecule has 97 heavy (non-hydrogen) atoms. The number of anilines is 6. The highest BCUT2D eigenvalue weighted by Gasteiger charge is 2.48. The van der Waals surface area contributed by atoms with Gasteiger partial charge in [-0.05, 0) is 177 Å². The molecule has 2 nitrogen and oxygen atoms in total. The first-order valence-electron chi connectivity index (χ1n) is 33.8. The van der Waals surface area contributed by atoms with Crippen LogP contribution in [0.5, 0.6) is 0 Å². The summed E-state index contributed by atoms with van der Waals surface area (Å²) < 4.78 is 0. The molecule has 0 spiro atoms. The predicted octanol–water partition coefficient (Wildman–Crippen LogP) is 23.7. The Morgan fingerprint density at radius 3 is 0.629 bits per heavy atom. The molecule has 15 aromatic carbocycles. The van der Waals surface area contributed by atoms with Crippen LogP contribution in [0, 0.1) is 0 Å². The molecular weight excluding hydrogens is 1170 g/mol. The Morgan fingerprint density at radius 2 is 0.392 bits per heavy atom.